The molecule has 1 aromatic heterocycles. The highest BCUT2D eigenvalue weighted by atomic mass is 19.2. The van der Waals surface area contributed by atoms with Crippen LogP contribution in [0.15, 0.2) is 67.1 Å². The van der Waals surface area contributed by atoms with Crippen LogP contribution < -0.4 is 0 Å². The molecule has 5 nitrogen and oxygen atoms in total. The van der Waals surface area contributed by atoms with Gasteiger partial charge in [0.15, 0.2) is 17.5 Å². The zero-order valence-electron chi connectivity index (χ0n) is 14.5. The van der Waals surface area contributed by atoms with E-state index in [1.165, 1.54) is 12.1 Å². The molecule has 2 aliphatic rings. The van der Waals surface area contributed by atoms with Crippen LogP contribution in [0.3, 0.4) is 0 Å². The van der Waals surface area contributed by atoms with Crippen molar-refractivity contribution in [2.24, 2.45) is 0 Å². The Bertz CT molecular complexity index is 1280. The minimum absolute atomic E-state index is 0.0322. The van der Waals surface area contributed by atoms with Gasteiger partial charge in [-0.3, -0.25) is 9.67 Å². The number of rotatable bonds is 3. The number of nitrogens with zero attached hydrogens (tertiary/aromatic N) is 5. The summed E-state index contributed by atoms with van der Waals surface area (Å²) < 4.78 is 29.3. The molecule has 2 aromatic carbocycles. The topological polar surface area (TPSA) is 56.5 Å². The Morgan fingerprint density at radius 1 is 0.929 bits per heavy atom. The number of fused-ring (bicyclic) bond motifs is 2. The Hall–Kier alpha value is -3.74. The van der Waals surface area contributed by atoms with E-state index in [1.54, 1.807) is 23.3 Å². The molecule has 5 rings (SSSR count). The van der Waals surface area contributed by atoms with Crippen LogP contribution in [0.5, 0.6) is 0 Å². The average Bonchev–Trinajstić information content (AvgIpc) is 3.13. The van der Waals surface area contributed by atoms with Crippen molar-refractivity contribution in [2.75, 3.05) is 0 Å². The number of aromatic nitrogens is 5. The normalized spacial score (nSPS) is 11.4. The predicted octanol–water partition coefficient (Wildman–Crippen LogP) is 4.32. The Morgan fingerprint density at radius 2 is 1.82 bits per heavy atom. The molecule has 3 heterocycles. The molecule has 136 valence electrons. The van der Waals surface area contributed by atoms with Crippen molar-refractivity contribution in [1.82, 2.24) is 24.7 Å². The molecule has 0 unspecified atom stereocenters. The summed E-state index contributed by atoms with van der Waals surface area (Å²) in [5.74, 6) is -1.74. The minimum Gasteiger partial charge on any atom is -0.266 e. The Kier molecular flexibility index (Phi) is 3.79. The van der Waals surface area contributed by atoms with Gasteiger partial charge in [-0.15, -0.1) is 0 Å². The summed E-state index contributed by atoms with van der Waals surface area (Å²) in [5.41, 5.74) is 3.12. The van der Waals surface area contributed by atoms with Gasteiger partial charge in [0.1, 0.15) is 11.4 Å². The van der Waals surface area contributed by atoms with Gasteiger partial charge in [0.2, 0.25) is 0 Å². The highest BCUT2D eigenvalue weighted by Crippen LogP contribution is 2.27. The van der Waals surface area contributed by atoms with E-state index in [1.807, 2.05) is 24.3 Å². The summed E-state index contributed by atoms with van der Waals surface area (Å²) in [5, 5.41) is 5.41. The number of pyridine rings is 1. The molecule has 7 heteroatoms. The largest absolute Gasteiger partial charge is 0.266 e. The second-order valence-electron chi connectivity index (χ2n) is 6.42. The van der Waals surface area contributed by atoms with Crippen LogP contribution in [0.1, 0.15) is 5.56 Å². The zero-order chi connectivity index (χ0) is 19.1. The van der Waals surface area contributed by atoms with Gasteiger partial charge in [-0.25, -0.2) is 18.7 Å². The van der Waals surface area contributed by atoms with Crippen LogP contribution in [0.4, 0.5) is 8.78 Å². The third-order valence-electron chi connectivity index (χ3n) is 4.52. The van der Waals surface area contributed by atoms with Gasteiger partial charge >= 0.3 is 0 Å². The smallest absolute Gasteiger partial charge is 0.169 e. The number of hydrogen-bond acceptors (Lipinski definition) is 4. The molecule has 0 bridgehead atoms. The quantitative estimate of drug-likeness (QED) is 0.473. The van der Waals surface area contributed by atoms with Gasteiger partial charge in [0, 0.05) is 11.6 Å². The predicted molar refractivity (Wildman–Crippen MR) is 101 cm³/mol. The molecule has 0 fully saturated rings. The van der Waals surface area contributed by atoms with E-state index in [-0.39, 0.29) is 11.4 Å². The molecule has 0 spiro atoms. The van der Waals surface area contributed by atoms with E-state index in [2.05, 4.69) is 26.1 Å². The van der Waals surface area contributed by atoms with Crippen molar-refractivity contribution in [3.8, 4) is 22.8 Å². The van der Waals surface area contributed by atoms with Gasteiger partial charge < -0.3 is 0 Å². The average molecular weight is 373 g/mol. The fourth-order valence-corrected chi connectivity index (χ4v) is 3.15. The lowest BCUT2D eigenvalue weighted by Crippen LogP contribution is -2.05. The maximum atomic E-state index is 14.0. The van der Waals surface area contributed by atoms with Crippen molar-refractivity contribution in [1.29, 1.82) is 0 Å². The molecule has 2 aliphatic heterocycles. The van der Waals surface area contributed by atoms with Crippen LogP contribution in [0, 0.1) is 11.6 Å². The van der Waals surface area contributed by atoms with Crippen molar-refractivity contribution >= 4 is 10.9 Å². The first-order valence-corrected chi connectivity index (χ1v) is 8.66. The van der Waals surface area contributed by atoms with Gasteiger partial charge in [0.05, 0.1) is 30.0 Å². The second kappa shape index (κ2) is 6.45. The summed E-state index contributed by atoms with van der Waals surface area (Å²) in [7, 11) is 0. The minimum atomic E-state index is -0.955. The summed E-state index contributed by atoms with van der Waals surface area (Å²) >= 11 is 0. The second-order valence-corrected chi connectivity index (χ2v) is 6.42. The van der Waals surface area contributed by atoms with Gasteiger partial charge in [-0.2, -0.15) is 5.10 Å². The molecule has 0 saturated heterocycles. The lowest BCUT2D eigenvalue weighted by molar-refractivity contribution is 0.510. The SMILES string of the molecule is Fc1cccc(-c2nc3cnn(Cc4ccc5ncccc5c4)cc-3n2)c1F. The first-order chi connectivity index (χ1) is 13.7. The highest BCUT2D eigenvalue weighted by Gasteiger charge is 2.18. The molecule has 0 aliphatic carbocycles. The number of imidazole rings is 1. The van der Waals surface area contributed by atoms with Crippen LogP contribution in [-0.4, -0.2) is 24.7 Å². The lowest BCUT2D eigenvalue weighted by atomic mass is 10.1. The fraction of sp³-hybridized carbons (Fsp3) is 0.0476. The Morgan fingerprint density at radius 3 is 2.75 bits per heavy atom. The van der Waals surface area contributed by atoms with Gasteiger partial charge in [-0.1, -0.05) is 18.2 Å². The number of benzene rings is 2. The number of hydrogen-bond donors (Lipinski definition) is 0. The van der Waals surface area contributed by atoms with E-state index in [0.29, 0.717) is 17.9 Å². The number of halogens is 2. The summed E-state index contributed by atoms with van der Waals surface area (Å²) in [6, 6.07) is 13.9. The van der Waals surface area contributed by atoms with Crippen LogP contribution in [0.2, 0.25) is 0 Å². The molecule has 28 heavy (non-hydrogen) atoms. The maximum absolute atomic E-state index is 14.0. The highest BCUT2D eigenvalue weighted by molar-refractivity contribution is 5.78. The molecule has 0 saturated carbocycles. The van der Waals surface area contributed by atoms with Crippen LogP contribution in [-0.2, 0) is 6.54 Å². The molecular weight excluding hydrogens is 360 g/mol. The fourth-order valence-electron chi connectivity index (χ4n) is 3.15. The monoisotopic (exact) mass is 373 g/mol. The molecular formula is C21H13F2N5. The van der Waals surface area contributed by atoms with Gasteiger partial charge in [0.25, 0.3) is 0 Å². The van der Waals surface area contributed by atoms with Crippen molar-refractivity contribution < 1.29 is 8.78 Å². The molecule has 0 radical (unpaired) electrons. The van der Waals surface area contributed by atoms with Gasteiger partial charge in [-0.05, 0) is 35.9 Å². The molecule has 0 amide bonds. The zero-order valence-corrected chi connectivity index (χ0v) is 14.5. The summed E-state index contributed by atoms with van der Waals surface area (Å²) in [4.78, 5) is 12.9. The lowest BCUT2D eigenvalue weighted by Gasteiger charge is -2.07. The molecule has 0 N–H and O–H groups in total. The third kappa shape index (κ3) is 2.87. The van der Waals surface area contributed by atoms with Crippen molar-refractivity contribution in [3.05, 3.63) is 84.3 Å². The third-order valence-corrected chi connectivity index (χ3v) is 4.52. The van der Waals surface area contributed by atoms with E-state index < -0.39 is 11.6 Å². The van der Waals surface area contributed by atoms with Crippen LogP contribution in [0.25, 0.3) is 33.7 Å². The Balaban J connectivity index is 1.49. The maximum Gasteiger partial charge on any atom is 0.169 e. The van der Waals surface area contributed by atoms with Crippen LogP contribution >= 0.6 is 0 Å². The molecule has 0 atom stereocenters. The van der Waals surface area contributed by atoms with E-state index in [0.717, 1.165) is 22.5 Å². The first-order valence-electron chi connectivity index (χ1n) is 8.66. The molecule has 3 aromatic rings. The van der Waals surface area contributed by atoms with E-state index in [4.69, 9.17) is 0 Å². The standard InChI is InChI=1S/C21H13F2N5/c22-16-5-1-4-15(20(16)23)21-26-18-10-25-28(12-19(18)27-21)11-13-6-7-17-14(9-13)3-2-8-24-17/h1-10,12H,11H2. The van der Waals surface area contributed by atoms with Crippen molar-refractivity contribution in [2.45, 2.75) is 6.54 Å². The summed E-state index contributed by atoms with van der Waals surface area (Å²) in [6.45, 7) is 0.539. The Labute approximate surface area is 158 Å². The van der Waals surface area contributed by atoms with E-state index in [9.17, 15) is 8.78 Å². The summed E-state index contributed by atoms with van der Waals surface area (Å²) in [6.07, 6.45) is 5.08. The first kappa shape index (κ1) is 16.4. The van der Waals surface area contributed by atoms with Crippen molar-refractivity contribution in [3.63, 3.8) is 0 Å². The van der Waals surface area contributed by atoms with E-state index >= 15 is 0 Å².